The number of carboxylic acid groups (broad SMARTS) is 1. The number of carboxylic acids is 1. The average molecular weight is 404 g/mol. The summed E-state index contributed by atoms with van der Waals surface area (Å²) in [6.07, 6.45) is 5.74. The van der Waals surface area contributed by atoms with Crippen LogP contribution in [0.15, 0.2) is 0 Å². The third-order valence-corrected chi connectivity index (χ3v) is 4.53. The second-order valence-corrected chi connectivity index (χ2v) is 8.82. The van der Waals surface area contributed by atoms with Gasteiger partial charge in [0.15, 0.2) is 6.10 Å². The fourth-order valence-electron chi connectivity index (χ4n) is 3.22. The molecule has 0 saturated heterocycles. The van der Waals surface area contributed by atoms with Gasteiger partial charge < -0.3 is 29.3 Å². The van der Waals surface area contributed by atoms with Gasteiger partial charge in [-0.15, -0.1) is 0 Å². The lowest BCUT2D eigenvalue weighted by Crippen LogP contribution is -2.45. The van der Waals surface area contributed by atoms with Crippen LogP contribution in [0.3, 0.4) is 0 Å². The zero-order valence-corrected chi connectivity index (χ0v) is 18.2. The van der Waals surface area contributed by atoms with E-state index in [1.807, 2.05) is 21.1 Å². The van der Waals surface area contributed by atoms with Crippen LogP contribution in [-0.2, 0) is 14.3 Å². The van der Waals surface area contributed by atoms with Crippen molar-refractivity contribution in [3.05, 3.63) is 0 Å². The van der Waals surface area contributed by atoms with Gasteiger partial charge in [-0.3, -0.25) is 4.79 Å². The van der Waals surface area contributed by atoms with Crippen molar-refractivity contribution in [1.29, 1.82) is 0 Å². The topological polar surface area (TPSA) is 107 Å². The highest BCUT2D eigenvalue weighted by atomic mass is 16.5. The number of ether oxygens (including phenoxy) is 1. The van der Waals surface area contributed by atoms with Crippen LogP contribution in [0.4, 0.5) is 0 Å². The number of likely N-dealkylation sites (N-methyl/N-ethyl adjacent to an activating group) is 1. The monoisotopic (exact) mass is 403 g/mol. The number of aliphatic hydroxyl groups is 2. The molecule has 3 unspecified atom stereocenters. The lowest BCUT2D eigenvalue weighted by atomic mass is 10.0. The van der Waals surface area contributed by atoms with Crippen LogP contribution in [0, 0.1) is 0 Å². The van der Waals surface area contributed by atoms with Gasteiger partial charge in [-0.25, -0.2) is 0 Å². The highest BCUT2D eigenvalue weighted by Crippen LogP contribution is 2.14. The third-order valence-electron chi connectivity index (χ3n) is 4.53. The lowest BCUT2D eigenvalue weighted by Gasteiger charge is -2.29. The molecule has 0 rings (SSSR count). The van der Waals surface area contributed by atoms with Gasteiger partial charge in [0.25, 0.3) is 0 Å². The quantitative estimate of drug-likeness (QED) is 0.216. The summed E-state index contributed by atoms with van der Waals surface area (Å²) in [5, 5.41) is 30.9. The van der Waals surface area contributed by atoms with Crippen molar-refractivity contribution >= 4 is 11.9 Å². The first-order chi connectivity index (χ1) is 13.0. The van der Waals surface area contributed by atoms with E-state index in [2.05, 4.69) is 6.92 Å². The summed E-state index contributed by atoms with van der Waals surface area (Å²) in [4.78, 5) is 22.9. The molecule has 0 aromatic rings. The summed E-state index contributed by atoms with van der Waals surface area (Å²) in [6, 6.07) is 0. The van der Waals surface area contributed by atoms with Crippen molar-refractivity contribution in [3.8, 4) is 0 Å². The maximum Gasteiger partial charge on any atom is 0.308 e. The van der Waals surface area contributed by atoms with Crippen molar-refractivity contribution in [2.45, 2.75) is 95.9 Å². The Morgan fingerprint density at radius 3 is 2.04 bits per heavy atom. The largest absolute Gasteiger partial charge is 0.550 e. The average Bonchev–Trinajstić information content (AvgIpc) is 2.51. The Hall–Kier alpha value is -1.18. The Morgan fingerprint density at radius 2 is 1.50 bits per heavy atom. The van der Waals surface area contributed by atoms with E-state index in [0.717, 1.165) is 19.3 Å². The molecule has 0 aromatic carbocycles. The van der Waals surface area contributed by atoms with E-state index in [1.54, 1.807) is 0 Å². The van der Waals surface area contributed by atoms with Crippen molar-refractivity contribution in [3.63, 3.8) is 0 Å². The number of quaternary nitrogens is 1. The molecule has 28 heavy (non-hydrogen) atoms. The summed E-state index contributed by atoms with van der Waals surface area (Å²) in [7, 11) is 5.60. The number of aliphatic carboxylic acids is 1. The number of nitrogens with zero attached hydrogens (tertiary/aromatic N) is 1. The molecule has 3 atom stereocenters. The molecule has 0 fully saturated rings. The number of carbonyl (C=O) groups excluding carboxylic acids is 2. The van der Waals surface area contributed by atoms with Crippen molar-refractivity contribution in [2.75, 3.05) is 27.7 Å². The van der Waals surface area contributed by atoms with Crippen LogP contribution in [-0.4, -0.2) is 72.6 Å². The normalized spacial score (nSPS) is 15.1. The minimum Gasteiger partial charge on any atom is -0.550 e. The zero-order valence-electron chi connectivity index (χ0n) is 18.2. The van der Waals surface area contributed by atoms with Gasteiger partial charge in [0.05, 0.1) is 39.8 Å². The molecule has 0 saturated carbocycles. The van der Waals surface area contributed by atoms with Gasteiger partial charge in [0, 0.05) is 12.4 Å². The van der Waals surface area contributed by atoms with Gasteiger partial charge in [-0.2, -0.15) is 0 Å². The van der Waals surface area contributed by atoms with E-state index in [1.165, 1.54) is 25.7 Å². The Kier molecular flexibility index (Phi) is 14.1. The van der Waals surface area contributed by atoms with E-state index in [9.17, 15) is 24.9 Å². The maximum absolute atomic E-state index is 12.0. The summed E-state index contributed by atoms with van der Waals surface area (Å²) < 4.78 is 5.65. The number of rotatable bonds is 17. The third kappa shape index (κ3) is 17.0. The van der Waals surface area contributed by atoms with Gasteiger partial charge in [0.2, 0.25) is 0 Å². The standard InChI is InChI=1S/C21H41NO6/c1-5-6-7-8-9-10-11-12-17(23)13-18(24)14-21(27)28-19(15-20(25)26)16-22(2,3)4/h17-19,23-24H,5-16H2,1-4H3. The highest BCUT2D eigenvalue weighted by molar-refractivity contribution is 5.71. The number of hydrogen-bond donors (Lipinski definition) is 2. The summed E-state index contributed by atoms with van der Waals surface area (Å²) in [5.41, 5.74) is 0. The Balaban J connectivity index is 4.11. The van der Waals surface area contributed by atoms with Crippen LogP contribution in [0.25, 0.3) is 0 Å². The molecule has 166 valence electrons. The molecule has 7 nitrogen and oxygen atoms in total. The van der Waals surface area contributed by atoms with Gasteiger partial charge in [0.1, 0.15) is 6.54 Å². The molecule has 2 N–H and O–H groups in total. The molecular weight excluding hydrogens is 362 g/mol. The first-order valence-electron chi connectivity index (χ1n) is 10.6. The van der Waals surface area contributed by atoms with E-state index in [-0.39, 0.29) is 19.3 Å². The van der Waals surface area contributed by atoms with Crippen LogP contribution < -0.4 is 5.11 Å². The smallest absolute Gasteiger partial charge is 0.308 e. The maximum atomic E-state index is 12.0. The van der Waals surface area contributed by atoms with E-state index in [0.29, 0.717) is 17.4 Å². The number of hydrogen-bond acceptors (Lipinski definition) is 6. The van der Waals surface area contributed by atoms with E-state index >= 15 is 0 Å². The molecule has 0 amide bonds. The van der Waals surface area contributed by atoms with E-state index < -0.39 is 30.3 Å². The second kappa shape index (κ2) is 14.8. The fourth-order valence-corrected chi connectivity index (χ4v) is 3.22. The SMILES string of the molecule is CCCCCCCCCC(O)CC(O)CC(=O)OC(CC(=O)[O-])C[N+](C)(C)C. The minimum atomic E-state index is -1.28. The molecule has 0 spiro atoms. The molecule has 0 aliphatic rings. The summed E-state index contributed by atoms with van der Waals surface area (Å²) >= 11 is 0. The first-order valence-corrected chi connectivity index (χ1v) is 10.6. The van der Waals surface area contributed by atoms with Crippen LogP contribution in [0.2, 0.25) is 0 Å². The number of aliphatic hydroxyl groups excluding tert-OH is 2. The number of carbonyl (C=O) groups is 2. The minimum absolute atomic E-state index is 0.116. The van der Waals surface area contributed by atoms with Gasteiger partial charge >= 0.3 is 5.97 Å². The van der Waals surface area contributed by atoms with E-state index in [4.69, 9.17) is 4.74 Å². The predicted molar refractivity (Wildman–Crippen MR) is 106 cm³/mol. The van der Waals surface area contributed by atoms with Crippen molar-refractivity contribution in [1.82, 2.24) is 0 Å². The molecule has 0 aliphatic heterocycles. The number of unbranched alkanes of at least 4 members (excludes halogenated alkanes) is 6. The Labute approximate surface area is 170 Å². The lowest BCUT2D eigenvalue weighted by molar-refractivity contribution is -0.873. The molecule has 0 heterocycles. The van der Waals surface area contributed by atoms with Gasteiger partial charge in [-0.05, 0) is 12.8 Å². The molecule has 0 bridgehead atoms. The predicted octanol–water partition coefficient (Wildman–Crippen LogP) is 1.39. The van der Waals surface area contributed by atoms with Crippen molar-refractivity contribution < 1.29 is 34.1 Å². The van der Waals surface area contributed by atoms with Crippen molar-refractivity contribution in [2.24, 2.45) is 0 Å². The second-order valence-electron chi connectivity index (χ2n) is 8.82. The molecule has 0 radical (unpaired) electrons. The first kappa shape index (κ1) is 26.8. The number of esters is 1. The highest BCUT2D eigenvalue weighted by Gasteiger charge is 2.24. The summed E-state index contributed by atoms with van der Waals surface area (Å²) in [5.74, 6) is -1.94. The molecule has 0 aliphatic carbocycles. The fraction of sp³-hybridized carbons (Fsp3) is 0.905. The van der Waals surface area contributed by atoms with Crippen LogP contribution >= 0.6 is 0 Å². The zero-order chi connectivity index (χ0) is 21.6. The molecule has 0 aromatic heterocycles. The van der Waals surface area contributed by atoms with Gasteiger partial charge in [-0.1, -0.05) is 51.9 Å². The summed E-state index contributed by atoms with van der Waals surface area (Å²) in [6.45, 7) is 2.52. The molecule has 7 heteroatoms. The van der Waals surface area contributed by atoms with Crippen LogP contribution in [0.5, 0.6) is 0 Å². The Morgan fingerprint density at radius 1 is 0.929 bits per heavy atom. The Bertz CT molecular complexity index is 435. The molecular formula is C21H41NO6. The van der Waals surface area contributed by atoms with Crippen LogP contribution in [0.1, 0.15) is 77.6 Å².